The highest BCUT2D eigenvalue weighted by molar-refractivity contribution is 7.11. The summed E-state index contributed by atoms with van der Waals surface area (Å²) in [5.41, 5.74) is 4.07. The number of aryl methyl sites for hydroxylation is 3. The van der Waals surface area contributed by atoms with Gasteiger partial charge in [0.15, 0.2) is 5.01 Å². The predicted octanol–water partition coefficient (Wildman–Crippen LogP) is 3.32. The number of amides is 1. The van der Waals surface area contributed by atoms with Crippen molar-refractivity contribution in [2.75, 3.05) is 5.32 Å². The molecular weight excluding hydrogens is 232 g/mol. The predicted molar refractivity (Wildman–Crippen MR) is 70.7 cm³/mol. The molecule has 2 aromatic rings. The van der Waals surface area contributed by atoms with Crippen molar-refractivity contribution in [3.63, 3.8) is 0 Å². The van der Waals surface area contributed by atoms with Gasteiger partial charge in [-0.05, 0) is 44.0 Å². The maximum atomic E-state index is 11.9. The molecule has 1 heterocycles. The van der Waals surface area contributed by atoms with Gasteiger partial charge >= 0.3 is 0 Å². The topological polar surface area (TPSA) is 42.0 Å². The molecule has 0 atom stereocenters. The van der Waals surface area contributed by atoms with Crippen molar-refractivity contribution in [3.8, 4) is 0 Å². The lowest BCUT2D eigenvalue weighted by Crippen LogP contribution is -2.11. The molecule has 0 aliphatic carbocycles. The van der Waals surface area contributed by atoms with Gasteiger partial charge in [0.05, 0.1) is 0 Å². The van der Waals surface area contributed by atoms with Crippen LogP contribution in [-0.4, -0.2) is 10.9 Å². The summed E-state index contributed by atoms with van der Waals surface area (Å²) in [6.45, 7) is 5.95. The van der Waals surface area contributed by atoms with Crippen molar-refractivity contribution in [2.45, 2.75) is 20.8 Å². The van der Waals surface area contributed by atoms with Gasteiger partial charge in [-0.15, -0.1) is 11.3 Å². The van der Waals surface area contributed by atoms with E-state index in [1.54, 1.807) is 0 Å². The van der Waals surface area contributed by atoms with Crippen LogP contribution in [0.3, 0.4) is 0 Å². The summed E-state index contributed by atoms with van der Waals surface area (Å²) in [7, 11) is 0. The van der Waals surface area contributed by atoms with Gasteiger partial charge in [0.2, 0.25) is 0 Å². The number of aromatic nitrogens is 1. The molecule has 0 aliphatic rings. The highest BCUT2D eigenvalue weighted by Crippen LogP contribution is 2.16. The molecule has 1 N–H and O–H groups in total. The van der Waals surface area contributed by atoms with E-state index in [0.717, 1.165) is 16.9 Å². The van der Waals surface area contributed by atoms with Gasteiger partial charge in [-0.2, -0.15) is 0 Å². The molecule has 3 nitrogen and oxygen atoms in total. The molecular formula is C13H14N2OS. The van der Waals surface area contributed by atoms with E-state index in [-0.39, 0.29) is 5.91 Å². The number of hydrogen-bond donors (Lipinski definition) is 1. The number of rotatable bonds is 2. The van der Waals surface area contributed by atoms with Crippen molar-refractivity contribution in [1.29, 1.82) is 0 Å². The van der Waals surface area contributed by atoms with Gasteiger partial charge in [-0.3, -0.25) is 4.79 Å². The molecule has 1 amide bonds. The van der Waals surface area contributed by atoms with Crippen molar-refractivity contribution < 1.29 is 4.79 Å². The van der Waals surface area contributed by atoms with E-state index in [4.69, 9.17) is 0 Å². The summed E-state index contributed by atoms with van der Waals surface area (Å²) in [5.74, 6) is -0.147. The average Bonchev–Trinajstić information content (AvgIpc) is 2.70. The minimum atomic E-state index is -0.147. The Morgan fingerprint density at radius 3 is 2.59 bits per heavy atom. The first-order valence-corrected chi connectivity index (χ1v) is 6.25. The Balaban J connectivity index is 2.15. The van der Waals surface area contributed by atoms with Crippen LogP contribution in [0.2, 0.25) is 0 Å². The van der Waals surface area contributed by atoms with E-state index >= 15 is 0 Å². The van der Waals surface area contributed by atoms with Crippen molar-refractivity contribution in [3.05, 3.63) is 45.4 Å². The first-order valence-electron chi connectivity index (χ1n) is 5.37. The standard InChI is InChI=1S/C13H14N2OS/c1-8-4-5-11(6-9(8)2)15-12(16)13-14-10(3)7-17-13/h4-7H,1-3H3,(H,15,16). The monoisotopic (exact) mass is 246 g/mol. The van der Waals surface area contributed by atoms with Crippen molar-refractivity contribution in [1.82, 2.24) is 4.98 Å². The van der Waals surface area contributed by atoms with Crippen LogP contribution < -0.4 is 5.32 Å². The quantitative estimate of drug-likeness (QED) is 0.883. The lowest BCUT2D eigenvalue weighted by Gasteiger charge is -2.05. The second-order valence-corrected chi connectivity index (χ2v) is 4.91. The molecule has 0 unspecified atom stereocenters. The minimum absolute atomic E-state index is 0.147. The van der Waals surface area contributed by atoms with Gasteiger partial charge in [0.25, 0.3) is 5.91 Å². The molecule has 0 saturated heterocycles. The van der Waals surface area contributed by atoms with Gasteiger partial charge in [0, 0.05) is 16.8 Å². The first kappa shape index (κ1) is 11.8. The zero-order valence-corrected chi connectivity index (χ0v) is 10.9. The maximum Gasteiger partial charge on any atom is 0.284 e. The molecule has 0 aliphatic heterocycles. The number of anilines is 1. The number of carbonyl (C=O) groups is 1. The maximum absolute atomic E-state index is 11.9. The molecule has 1 aromatic heterocycles. The molecule has 0 bridgehead atoms. The Labute approximate surface area is 105 Å². The summed E-state index contributed by atoms with van der Waals surface area (Å²) in [5, 5.41) is 5.22. The highest BCUT2D eigenvalue weighted by atomic mass is 32.1. The zero-order valence-electron chi connectivity index (χ0n) is 10.1. The SMILES string of the molecule is Cc1csc(C(=O)Nc2ccc(C)c(C)c2)n1. The Bertz CT molecular complexity index is 560. The Kier molecular flexibility index (Phi) is 3.24. The van der Waals surface area contributed by atoms with Crippen LogP contribution >= 0.6 is 11.3 Å². The van der Waals surface area contributed by atoms with Crippen molar-refractivity contribution >= 4 is 22.9 Å². The molecule has 0 saturated carbocycles. The fraction of sp³-hybridized carbons (Fsp3) is 0.231. The Morgan fingerprint density at radius 1 is 1.24 bits per heavy atom. The summed E-state index contributed by atoms with van der Waals surface area (Å²) < 4.78 is 0. The molecule has 0 spiro atoms. The second kappa shape index (κ2) is 4.67. The number of hydrogen-bond acceptors (Lipinski definition) is 3. The van der Waals surface area contributed by atoms with Gasteiger partial charge in [-0.25, -0.2) is 4.98 Å². The summed E-state index contributed by atoms with van der Waals surface area (Å²) in [4.78, 5) is 16.0. The smallest absolute Gasteiger partial charge is 0.284 e. The third-order valence-corrected chi connectivity index (χ3v) is 3.54. The van der Waals surface area contributed by atoms with E-state index in [0.29, 0.717) is 5.01 Å². The Morgan fingerprint density at radius 2 is 2.00 bits per heavy atom. The number of carbonyl (C=O) groups excluding carboxylic acids is 1. The Hall–Kier alpha value is -1.68. The minimum Gasteiger partial charge on any atom is -0.320 e. The third-order valence-electron chi connectivity index (χ3n) is 2.58. The van der Waals surface area contributed by atoms with Crippen LogP contribution in [0.5, 0.6) is 0 Å². The largest absolute Gasteiger partial charge is 0.320 e. The molecule has 0 radical (unpaired) electrons. The molecule has 2 rings (SSSR count). The van der Waals surface area contributed by atoms with E-state index in [2.05, 4.69) is 10.3 Å². The average molecular weight is 246 g/mol. The van der Waals surface area contributed by atoms with E-state index in [9.17, 15) is 4.79 Å². The van der Waals surface area contributed by atoms with Gasteiger partial charge in [0.1, 0.15) is 0 Å². The van der Waals surface area contributed by atoms with Crippen LogP contribution in [0.1, 0.15) is 26.6 Å². The first-order chi connectivity index (χ1) is 8.06. The number of nitrogens with one attached hydrogen (secondary N) is 1. The lowest BCUT2D eigenvalue weighted by atomic mass is 10.1. The van der Waals surface area contributed by atoms with Crippen LogP contribution in [0.4, 0.5) is 5.69 Å². The van der Waals surface area contributed by atoms with Gasteiger partial charge < -0.3 is 5.32 Å². The van der Waals surface area contributed by atoms with Crippen LogP contribution in [-0.2, 0) is 0 Å². The number of nitrogens with zero attached hydrogens (tertiary/aromatic N) is 1. The van der Waals surface area contributed by atoms with E-state index in [1.807, 2.05) is 44.4 Å². The van der Waals surface area contributed by atoms with Gasteiger partial charge in [-0.1, -0.05) is 6.07 Å². The summed E-state index contributed by atoms with van der Waals surface area (Å²) >= 11 is 1.36. The molecule has 0 fully saturated rings. The summed E-state index contributed by atoms with van der Waals surface area (Å²) in [6.07, 6.45) is 0. The van der Waals surface area contributed by atoms with Crippen LogP contribution in [0, 0.1) is 20.8 Å². The molecule has 88 valence electrons. The summed E-state index contributed by atoms with van der Waals surface area (Å²) in [6, 6.07) is 5.87. The van der Waals surface area contributed by atoms with E-state index < -0.39 is 0 Å². The molecule has 4 heteroatoms. The lowest BCUT2D eigenvalue weighted by molar-refractivity contribution is 0.102. The fourth-order valence-electron chi connectivity index (χ4n) is 1.46. The molecule has 17 heavy (non-hydrogen) atoms. The van der Waals surface area contributed by atoms with Crippen LogP contribution in [0.15, 0.2) is 23.6 Å². The number of benzene rings is 1. The second-order valence-electron chi connectivity index (χ2n) is 4.05. The normalized spacial score (nSPS) is 10.3. The van der Waals surface area contributed by atoms with Crippen molar-refractivity contribution in [2.24, 2.45) is 0 Å². The third kappa shape index (κ3) is 2.71. The highest BCUT2D eigenvalue weighted by Gasteiger charge is 2.10. The number of thiazole rings is 1. The molecule has 1 aromatic carbocycles. The zero-order chi connectivity index (χ0) is 12.4. The fourth-order valence-corrected chi connectivity index (χ4v) is 2.15. The van der Waals surface area contributed by atoms with Crippen LogP contribution in [0.25, 0.3) is 0 Å². The van der Waals surface area contributed by atoms with E-state index in [1.165, 1.54) is 16.9 Å².